The number of hydrogen-bond donors (Lipinski definition) is 1. The predicted molar refractivity (Wildman–Crippen MR) is 80.7 cm³/mol. The van der Waals surface area contributed by atoms with E-state index in [2.05, 4.69) is 0 Å². The molecule has 0 atom stereocenters. The zero-order chi connectivity index (χ0) is 17.9. The Kier molecular flexibility index (Phi) is 5.08. The van der Waals surface area contributed by atoms with Gasteiger partial charge in [-0.15, -0.1) is 0 Å². The molecule has 2 rings (SSSR count). The van der Waals surface area contributed by atoms with Crippen LogP contribution in [0.4, 0.5) is 18.9 Å². The van der Waals surface area contributed by atoms with E-state index in [1.807, 2.05) is 5.32 Å². The number of rotatable bonds is 5. The molecule has 9 heteroatoms. The van der Waals surface area contributed by atoms with Gasteiger partial charge in [0.1, 0.15) is 5.82 Å². The number of hydrogen-bond acceptors (Lipinski definition) is 3. The zero-order valence-corrected chi connectivity index (χ0v) is 12.7. The molecule has 0 unspecified atom stereocenters. The molecule has 0 bridgehead atoms. The smallest absolute Gasteiger partial charge is 0.290 e. The Hall–Kier alpha value is -2.61. The predicted octanol–water partition coefficient (Wildman–Crippen LogP) is 3.91. The van der Waals surface area contributed by atoms with Crippen LogP contribution in [0.25, 0.3) is 0 Å². The first-order chi connectivity index (χ1) is 11.2. The monoisotopic (exact) mass is 358 g/mol. The van der Waals surface area contributed by atoms with Crippen molar-refractivity contribution in [2.45, 2.75) is 5.92 Å². The van der Waals surface area contributed by atoms with Crippen molar-refractivity contribution < 1.29 is 22.9 Å². The second kappa shape index (κ2) is 6.88. The molecular formula is C15H10ClF3N2O3. The van der Waals surface area contributed by atoms with E-state index in [1.54, 1.807) is 6.07 Å². The van der Waals surface area contributed by atoms with Gasteiger partial charge in [-0.3, -0.25) is 14.9 Å². The number of nitro groups is 1. The van der Waals surface area contributed by atoms with E-state index < -0.39 is 45.4 Å². The number of alkyl halides is 2. The molecule has 0 aliphatic heterocycles. The van der Waals surface area contributed by atoms with Crippen LogP contribution in [-0.2, 0) is 5.92 Å². The molecule has 0 aromatic heterocycles. The van der Waals surface area contributed by atoms with Crippen molar-refractivity contribution in [3.05, 3.63) is 74.5 Å². The van der Waals surface area contributed by atoms with Gasteiger partial charge in [-0.05, 0) is 0 Å². The highest BCUT2D eigenvalue weighted by Gasteiger charge is 2.32. The van der Waals surface area contributed by atoms with Crippen molar-refractivity contribution in [1.29, 1.82) is 0 Å². The molecule has 24 heavy (non-hydrogen) atoms. The van der Waals surface area contributed by atoms with Crippen LogP contribution in [0.3, 0.4) is 0 Å². The number of non-ortho nitro benzene ring substituents is 1. The minimum absolute atomic E-state index is 0.318. The van der Waals surface area contributed by atoms with Crippen molar-refractivity contribution in [3.63, 3.8) is 0 Å². The second-order valence-electron chi connectivity index (χ2n) is 4.80. The summed E-state index contributed by atoms with van der Waals surface area (Å²) in [5.74, 6) is -5.70. The van der Waals surface area contributed by atoms with Gasteiger partial charge in [0.15, 0.2) is 0 Å². The highest BCUT2D eigenvalue weighted by molar-refractivity contribution is 6.34. The maximum atomic E-state index is 14.0. The Labute approximate surface area is 139 Å². The average molecular weight is 359 g/mol. The van der Waals surface area contributed by atoms with E-state index in [9.17, 15) is 28.1 Å². The van der Waals surface area contributed by atoms with Crippen molar-refractivity contribution in [1.82, 2.24) is 5.32 Å². The van der Waals surface area contributed by atoms with E-state index in [-0.39, 0.29) is 5.56 Å². The number of nitrogens with zero attached hydrogens (tertiary/aromatic N) is 1. The normalized spacial score (nSPS) is 11.2. The maximum Gasteiger partial charge on any atom is 0.290 e. The Morgan fingerprint density at radius 3 is 2.46 bits per heavy atom. The van der Waals surface area contributed by atoms with Crippen molar-refractivity contribution in [3.8, 4) is 0 Å². The second-order valence-corrected chi connectivity index (χ2v) is 5.18. The number of halogens is 4. The molecule has 0 fully saturated rings. The van der Waals surface area contributed by atoms with E-state index in [1.165, 1.54) is 24.3 Å². The van der Waals surface area contributed by atoms with Crippen molar-refractivity contribution in [2.75, 3.05) is 6.54 Å². The van der Waals surface area contributed by atoms with Crippen LogP contribution in [0.15, 0.2) is 42.5 Å². The van der Waals surface area contributed by atoms with Gasteiger partial charge in [-0.25, -0.2) is 4.39 Å². The van der Waals surface area contributed by atoms with Crippen molar-refractivity contribution in [2.24, 2.45) is 0 Å². The fourth-order valence-corrected chi connectivity index (χ4v) is 2.11. The molecule has 0 heterocycles. The summed E-state index contributed by atoms with van der Waals surface area (Å²) in [6.45, 7) is -1.07. The van der Waals surface area contributed by atoms with Gasteiger partial charge in [-0.2, -0.15) is 8.78 Å². The number of carbonyl (C=O) groups excluding carboxylic acids is 1. The molecule has 0 saturated heterocycles. The number of carbonyl (C=O) groups is 1. The molecule has 1 N–H and O–H groups in total. The minimum atomic E-state index is -3.37. The highest BCUT2D eigenvalue weighted by Crippen LogP contribution is 2.28. The van der Waals surface area contributed by atoms with Crippen LogP contribution < -0.4 is 5.32 Å². The van der Waals surface area contributed by atoms with E-state index in [0.29, 0.717) is 6.07 Å². The third kappa shape index (κ3) is 3.83. The van der Waals surface area contributed by atoms with Crippen LogP contribution in [0.1, 0.15) is 15.9 Å². The van der Waals surface area contributed by atoms with Crippen molar-refractivity contribution >= 4 is 23.2 Å². The van der Waals surface area contributed by atoms with Gasteiger partial charge in [0, 0.05) is 11.6 Å². The van der Waals surface area contributed by atoms with E-state index in [4.69, 9.17) is 11.6 Å². The molecule has 5 nitrogen and oxygen atoms in total. The number of benzene rings is 2. The Bertz CT molecular complexity index is 785. The summed E-state index contributed by atoms with van der Waals surface area (Å²) >= 11 is 5.59. The SMILES string of the molecule is O=C(NCC(F)(F)c1ccccc1)c1cc([N+](=O)[O-])cc(F)c1Cl. The molecule has 126 valence electrons. The standard InChI is InChI=1S/C15H10ClF3N2O3/c16-13-11(6-10(21(23)24)7-12(13)17)14(22)20-8-15(18,19)9-4-2-1-3-5-9/h1-7H,8H2,(H,20,22). The molecule has 0 spiro atoms. The van der Waals surface area contributed by atoms with Gasteiger partial charge in [0.05, 0.1) is 28.1 Å². The summed E-state index contributed by atoms with van der Waals surface area (Å²) in [5, 5.41) is 11.9. The zero-order valence-electron chi connectivity index (χ0n) is 11.9. The van der Waals surface area contributed by atoms with Crippen LogP contribution in [0.5, 0.6) is 0 Å². The first-order valence-corrected chi connectivity index (χ1v) is 6.95. The fraction of sp³-hybridized carbons (Fsp3) is 0.133. The van der Waals surface area contributed by atoms with Crippen LogP contribution in [-0.4, -0.2) is 17.4 Å². The summed E-state index contributed by atoms with van der Waals surface area (Å²) in [6, 6.07) is 8.02. The van der Waals surface area contributed by atoms with Gasteiger partial charge in [-0.1, -0.05) is 41.9 Å². The summed E-state index contributed by atoms with van der Waals surface area (Å²) in [7, 11) is 0. The molecule has 1 amide bonds. The molecule has 2 aromatic rings. The number of amides is 1. The third-order valence-electron chi connectivity index (χ3n) is 3.14. The van der Waals surface area contributed by atoms with Crippen LogP contribution in [0, 0.1) is 15.9 Å². The van der Waals surface area contributed by atoms with Crippen LogP contribution in [0.2, 0.25) is 5.02 Å². The molecule has 0 aliphatic carbocycles. The number of nitro benzene ring substituents is 1. The average Bonchev–Trinajstić information content (AvgIpc) is 2.55. The first-order valence-electron chi connectivity index (χ1n) is 6.57. The quantitative estimate of drug-likeness (QED) is 0.650. The highest BCUT2D eigenvalue weighted by atomic mass is 35.5. The number of nitrogens with one attached hydrogen (secondary N) is 1. The van der Waals surface area contributed by atoms with Gasteiger partial charge < -0.3 is 5.32 Å². The molecule has 0 aliphatic rings. The Morgan fingerprint density at radius 1 is 1.25 bits per heavy atom. The molecular weight excluding hydrogens is 349 g/mol. The summed E-state index contributed by atoms with van der Waals surface area (Å²) < 4.78 is 41.5. The largest absolute Gasteiger partial charge is 0.346 e. The summed E-state index contributed by atoms with van der Waals surface area (Å²) in [5.41, 5.74) is -1.62. The van der Waals surface area contributed by atoms with E-state index in [0.717, 1.165) is 6.07 Å². The molecule has 0 radical (unpaired) electrons. The topological polar surface area (TPSA) is 72.2 Å². The lowest BCUT2D eigenvalue weighted by molar-refractivity contribution is -0.385. The van der Waals surface area contributed by atoms with Gasteiger partial charge in [0.2, 0.25) is 0 Å². The molecule has 0 saturated carbocycles. The lowest BCUT2D eigenvalue weighted by Crippen LogP contribution is -2.35. The third-order valence-corrected chi connectivity index (χ3v) is 3.52. The minimum Gasteiger partial charge on any atom is -0.346 e. The lowest BCUT2D eigenvalue weighted by Gasteiger charge is -2.17. The maximum absolute atomic E-state index is 14.0. The summed E-state index contributed by atoms with van der Waals surface area (Å²) in [6.07, 6.45) is 0. The Morgan fingerprint density at radius 2 is 1.88 bits per heavy atom. The molecule has 2 aromatic carbocycles. The lowest BCUT2D eigenvalue weighted by atomic mass is 10.1. The summed E-state index contributed by atoms with van der Waals surface area (Å²) in [4.78, 5) is 21.7. The Balaban J connectivity index is 2.20. The van der Waals surface area contributed by atoms with Gasteiger partial charge >= 0.3 is 0 Å². The van der Waals surface area contributed by atoms with Crippen LogP contribution >= 0.6 is 11.6 Å². The van der Waals surface area contributed by atoms with E-state index >= 15 is 0 Å². The van der Waals surface area contributed by atoms with Gasteiger partial charge in [0.25, 0.3) is 17.5 Å². The first kappa shape index (κ1) is 17.7. The fourth-order valence-electron chi connectivity index (χ4n) is 1.92.